The van der Waals surface area contributed by atoms with Crippen LogP contribution in [0.4, 0.5) is 0 Å². The minimum atomic E-state index is -0.328. The molecule has 4 nitrogen and oxygen atoms in total. The number of ether oxygens (including phenoxy) is 1. The Morgan fingerprint density at radius 1 is 1.53 bits per heavy atom. The first-order valence-electron chi connectivity index (χ1n) is 5.77. The first-order chi connectivity index (χ1) is 8.17. The third-order valence-corrected chi connectivity index (χ3v) is 2.39. The fraction of sp³-hybridized carbons (Fsp3) is 0.462. The van der Waals surface area contributed by atoms with E-state index >= 15 is 0 Å². The predicted molar refractivity (Wildman–Crippen MR) is 65.4 cm³/mol. The number of esters is 1. The van der Waals surface area contributed by atoms with Crippen molar-refractivity contribution in [3.05, 3.63) is 36.3 Å². The van der Waals surface area contributed by atoms with Crippen LogP contribution in [0.2, 0.25) is 0 Å². The Balaban J connectivity index is 2.46. The highest BCUT2D eigenvalue weighted by Gasteiger charge is 2.13. The van der Waals surface area contributed by atoms with Gasteiger partial charge >= 0.3 is 5.97 Å². The fourth-order valence-electron chi connectivity index (χ4n) is 1.47. The molecule has 0 N–H and O–H groups in total. The summed E-state index contributed by atoms with van der Waals surface area (Å²) in [5, 5.41) is 0. The summed E-state index contributed by atoms with van der Waals surface area (Å²) in [5.41, 5.74) is 0.472. The maximum atomic E-state index is 11.4. The van der Waals surface area contributed by atoms with Gasteiger partial charge in [-0.3, -0.25) is 4.90 Å². The lowest BCUT2D eigenvalue weighted by molar-refractivity contribution is -0.138. The number of rotatable bonds is 7. The van der Waals surface area contributed by atoms with E-state index in [1.807, 2.05) is 19.1 Å². The number of nitrogens with zero attached hydrogens (tertiary/aromatic N) is 1. The van der Waals surface area contributed by atoms with Crippen LogP contribution >= 0.6 is 0 Å². The van der Waals surface area contributed by atoms with Gasteiger partial charge in [-0.25, -0.2) is 4.79 Å². The van der Waals surface area contributed by atoms with Gasteiger partial charge in [0.2, 0.25) is 0 Å². The van der Waals surface area contributed by atoms with E-state index < -0.39 is 0 Å². The summed E-state index contributed by atoms with van der Waals surface area (Å²) >= 11 is 0. The average Bonchev–Trinajstić information content (AvgIpc) is 2.81. The van der Waals surface area contributed by atoms with Gasteiger partial charge in [0, 0.05) is 12.1 Å². The normalized spacial score (nSPS) is 10.5. The summed E-state index contributed by atoms with van der Waals surface area (Å²) in [4.78, 5) is 13.5. The van der Waals surface area contributed by atoms with Gasteiger partial charge in [-0.05, 0) is 25.6 Å². The number of hydrogen-bond acceptors (Lipinski definition) is 4. The minimum Gasteiger partial charge on any atom is -0.468 e. The van der Waals surface area contributed by atoms with Crippen LogP contribution in [0, 0.1) is 0 Å². The number of likely N-dealkylation sites (N-methyl/N-ethyl adjacent to an activating group) is 1. The molecule has 1 aromatic rings. The van der Waals surface area contributed by atoms with Crippen LogP contribution in [0.25, 0.3) is 0 Å². The minimum absolute atomic E-state index is 0.328. The molecule has 0 saturated heterocycles. The fourth-order valence-corrected chi connectivity index (χ4v) is 1.47. The third kappa shape index (κ3) is 4.44. The summed E-state index contributed by atoms with van der Waals surface area (Å²) in [5.74, 6) is 0.550. The van der Waals surface area contributed by atoms with Gasteiger partial charge in [0.15, 0.2) is 0 Å². The van der Waals surface area contributed by atoms with Crippen LogP contribution in [0.5, 0.6) is 0 Å². The van der Waals surface area contributed by atoms with E-state index in [-0.39, 0.29) is 5.97 Å². The zero-order valence-corrected chi connectivity index (χ0v) is 10.4. The van der Waals surface area contributed by atoms with Crippen LogP contribution in [0.1, 0.15) is 19.6 Å². The van der Waals surface area contributed by atoms with Crippen LogP contribution in [-0.4, -0.2) is 30.6 Å². The highest BCUT2D eigenvalue weighted by molar-refractivity contribution is 5.88. The van der Waals surface area contributed by atoms with E-state index in [0.29, 0.717) is 25.3 Å². The summed E-state index contributed by atoms with van der Waals surface area (Å²) in [7, 11) is 0. The third-order valence-electron chi connectivity index (χ3n) is 2.39. The summed E-state index contributed by atoms with van der Waals surface area (Å²) < 4.78 is 10.2. The Bertz CT molecular complexity index is 357. The topological polar surface area (TPSA) is 42.7 Å². The van der Waals surface area contributed by atoms with E-state index in [1.54, 1.807) is 13.2 Å². The lowest BCUT2D eigenvalue weighted by Gasteiger charge is -2.19. The summed E-state index contributed by atoms with van der Waals surface area (Å²) in [6.45, 7) is 9.92. The smallest absolute Gasteiger partial charge is 0.334 e. The van der Waals surface area contributed by atoms with Crippen LogP contribution in [0.15, 0.2) is 35.0 Å². The van der Waals surface area contributed by atoms with Gasteiger partial charge in [0.25, 0.3) is 0 Å². The molecule has 17 heavy (non-hydrogen) atoms. The van der Waals surface area contributed by atoms with E-state index in [2.05, 4.69) is 11.5 Å². The van der Waals surface area contributed by atoms with Gasteiger partial charge in [-0.15, -0.1) is 0 Å². The molecule has 0 atom stereocenters. The molecule has 1 rings (SSSR count). The van der Waals surface area contributed by atoms with Gasteiger partial charge < -0.3 is 9.15 Å². The number of hydrogen-bond donors (Lipinski definition) is 0. The largest absolute Gasteiger partial charge is 0.468 e. The molecule has 0 spiro atoms. The van der Waals surface area contributed by atoms with Gasteiger partial charge in [-0.1, -0.05) is 13.5 Å². The molecule has 94 valence electrons. The molecule has 1 heterocycles. The van der Waals surface area contributed by atoms with E-state index in [9.17, 15) is 4.79 Å². The molecule has 0 aliphatic heterocycles. The van der Waals surface area contributed by atoms with Gasteiger partial charge in [0.1, 0.15) is 5.76 Å². The summed E-state index contributed by atoms with van der Waals surface area (Å²) in [6, 6.07) is 3.76. The van der Waals surface area contributed by atoms with Crippen molar-refractivity contribution in [1.82, 2.24) is 4.90 Å². The molecule has 1 aromatic heterocycles. The van der Waals surface area contributed by atoms with Crippen molar-refractivity contribution in [1.29, 1.82) is 0 Å². The number of carbonyl (C=O) groups excluding carboxylic acids is 1. The number of furan rings is 1. The van der Waals surface area contributed by atoms with Crippen LogP contribution in [0.3, 0.4) is 0 Å². The summed E-state index contributed by atoms with van der Waals surface area (Å²) in [6.07, 6.45) is 1.64. The molecular formula is C13H19NO3. The van der Waals surface area contributed by atoms with Gasteiger partial charge in [0.05, 0.1) is 19.4 Å². The second kappa shape index (κ2) is 6.91. The first kappa shape index (κ1) is 13.5. The molecule has 0 bridgehead atoms. The Hall–Kier alpha value is -1.55. The van der Waals surface area contributed by atoms with Crippen molar-refractivity contribution in [3.8, 4) is 0 Å². The quantitative estimate of drug-likeness (QED) is 0.538. The van der Waals surface area contributed by atoms with Crippen molar-refractivity contribution in [2.75, 3.05) is 19.7 Å². The Kier molecular flexibility index (Phi) is 5.49. The average molecular weight is 237 g/mol. The van der Waals surface area contributed by atoms with Crippen molar-refractivity contribution in [2.24, 2.45) is 0 Å². The lowest BCUT2D eigenvalue weighted by Crippen LogP contribution is -2.27. The van der Waals surface area contributed by atoms with Crippen LogP contribution < -0.4 is 0 Å². The molecule has 0 amide bonds. The monoisotopic (exact) mass is 237 g/mol. The second-order valence-corrected chi connectivity index (χ2v) is 3.71. The molecule has 0 aromatic carbocycles. The standard InChI is InChI=1S/C13H19NO3/c1-4-14(10-12-7-6-8-17-12)9-11(3)13(15)16-5-2/h6-8H,3-5,9-10H2,1-2H3. The lowest BCUT2D eigenvalue weighted by atomic mass is 10.2. The van der Waals surface area contributed by atoms with E-state index in [1.165, 1.54) is 0 Å². The van der Waals surface area contributed by atoms with Crippen molar-refractivity contribution < 1.29 is 13.9 Å². The predicted octanol–water partition coefficient (Wildman–Crippen LogP) is 2.22. The second-order valence-electron chi connectivity index (χ2n) is 3.71. The van der Waals surface area contributed by atoms with Crippen molar-refractivity contribution in [3.63, 3.8) is 0 Å². The Labute approximate surface area is 102 Å². The van der Waals surface area contributed by atoms with Crippen molar-refractivity contribution in [2.45, 2.75) is 20.4 Å². The zero-order valence-electron chi connectivity index (χ0n) is 10.4. The molecule has 0 aliphatic carbocycles. The molecule has 0 aliphatic rings. The molecular weight excluding hydrogens is 218 g/mol. The highest BCUT2D eigenvalue weighted by atomic mass is 16.5. The maximum absolute atomic E-state index is 11.4. The molecule has 4 heteroatoms. The van der Waals surface area contributed by atoms with Crippen LogP contribution in [-0.2, 0) is 16.1 Å². The maximum Gasteiger partial charge on any atom is 0.334 e. The number of carbonyl (C=O) groups is 1. The SMILES string of the molecule is C=C(CN(CC)Cc1ccco1)C(=O)OCC. The molecule has 0 unspecified atom stereocenters. The zero-order chi connectivity index (χ0) is 12.7. The molecule has 0 fully saturated rings. The van der Waals surface area contributed by atoms with Crippen molar-refractivity contribution >= 4 is 5.97 Å². The van der Waals surface area contributed by atoms with Gasteiger partial charge in [-0.2, -0.15) is 0 Å². The molecule has 0 saturated carbocycles. The molecule has 0 radical (unpaired) electrons. The Morgan fingerprint density at radius 2 is 2.29 bits per heavy atom. The van der Waals surface area contributed by atoms with E-state index in [0.717, 1.165) is 12.3 Å². The Morgan fingerprint density at radius 3 is 2.82 bits per heavy atom. The first-order valence-corrected chi connectivity index (χ1v) is 5.77. The van der Waals surface area contributed by atoms with E-state index in [4.69, 9.17) is 9.15 Å². The highest BCUT2D eigenvalue weighted by Crippen LogP contribution is 2.07.